The van der Waals surface area contributed by atoms with Crippen molar-refractivity contribution in [1.82, 2.24) is 4.98 Å². The van der Waals surface area contributed by atoms with Crippen LogP contribution < -0.4 is 10.1 Å². The maximum Gasteiger partial charge on any atom is 0.343 e. The van der Waals surface area contributed by atoms with Crippen molar-refractivity contribution < 1.29 is 19.1 Å². The molecule has 30 heavy (non-hydrogen) atoms. The van der Waals surface area contributed by atoms with Crippen molar-refractivity contribution in [2.75, 3.05) is 19.0 Å². The smallest absolute Gasteiger partial charge is 0.343 e. The van der Waals surface area contributed by atoms with E-state index in [9.17, 15) is 9.59 Å². The number of amides is 1. The quantitative estimate of drug-likeness (QED) is 0.406. The fourth-order valence-corrected chi connectivity index (χ4v) is 3.54. The number of nitrogens with one attached hydrogen (secondary N) is 1. The number of methoxy groups -OCH3 is 1. The highest BCUT2D eigenvalue weighted by molar-refractivity contribution is 9.10. The normalized spacial score (nSPS) is 9.57. The standard InChI is InChI=1S/C18H15BrN2O4S.2C2H6/c1-3-25-18(23)12-8-10-4-5-13(19)14(15(10)21-17(12)24-2)16(22)20-11-6-7-26-9-11;2*1-2/h4-9H,3H2,1-2H3,(H,20,22);2*1-2H3. The third kappa shape index (κ3) is 6.03. The molecule has 1 amide bonds. The molecular formula is C22H27BrN2O4S. The number of halogens is 1. The van der Waals surface area contributed by atoms with Gasteiger partial charge in [0, 0.05) is 15.2 Å². The van der Waals surface area contributed by atoms with Gasteiger partial charge in [-0.15, -0.1) is 0 Å². The molecule has 162 valence electrons. The first-order chi connectivity index (χ1) is 14.5. The maximum atomic E-state index is 12.8. The summed E-state index contributed by atoms with van der Waals surface area (Å²) in [7, 11) is 1.42. The minimum absolute atomic E-state index is 0.110. The Morgan fingerprint density at radius 3 is 2.43 bits per heavy atom. The van der Waals surface area contributed by atoms with E-state index >= 15 is 0 Å². The molecule has 0 aliphatic rings. The lowest BCUT2D eigenvalue weighted by molar-refractivity contribution is 0.0522. The summed E-state index contributed by atoms with van der Waals surface area (Å²) in [4.78, 5) is 29.3. The highest BCUT2D eigenvalue weighted by atomic mass is 79.9. The molecule has 1 N–H and O–H groups in total. The van der Waals surface area contributed by atoms with Gasteiger partial charge in [0.15, 0.2) is 0 Å². The third-order valence-corrected chi connectivity index (χ3v) is 4.94. The number of benzene rings is 1. The molecule has 3 rings (SSSR count). The minimum atomic E-state index is -0.522. The van der Waals surface area contributed by atoms with Crippen molar-refractivity contribution in [2.24, 2.45) is 0 Å². The fraction of sp³-hybridized carbons (Fsp3) is 0.318. The van der Waals surface area contributed by atoms with Crippen molar-refractivity contribution in [3.05, 3.63) is 50.6 Å². The maximum absolute atomic E-state index is 12.8. The molecule has 6 nitrogen and oxygen atoms in total. The molecular weight excluding hydrogens is 468 g/mol. The number of pyridine rings is 1. The van der Waals surface area contributed by atoms with Gasteiger partial charge in [0.1, 0.15) is 5.56 Å². The third-order valence-electron chi connectivity index (χ3n) is 3.60. The molecule has 2 aromatic heterocycles. The fourth-order valence-electron chi connectivity index (χ4n) is 2.45. The number of carbonyl (C=O) groups excluding carboxylic acids is 2. The molecule has 0 fully saturated rings. The molecule has 0 atom stereocenters. The van der Waals surface area contributed by atoms with Crippen LogP contribution in [0.25, 0.3) is 10.9 Å². The van der Waals surface area contributed by atoms with Gasteiger partial charge >= 0.3 is 5.97 Å². The molecule has 0 aliphatic heterocycles. The van der Waals surface area contributed by atoms with E-state index in [1.165, 1.54) is 18.4 Å². The first-order valence-electron chi connectivity index (χ1n) is 9.73. The number of nitrogens with zero attached hydrogens (tertiary/aromatic N) is 1. The average Bonchev–Trinajstić information content (AvgIpc) is 3.28. The second-order valence-electron chi connectivity index (χ2n) is 5.23. The zero-order valence-electron chi connectivity index (χ0n) is 18.0. The Balaban J connectivity index is 0.00000106. The zero-order valence-corrected chi connectivity index (χ0v) is 20.4. The van der Waals surface area contributed by atoms with E-state index in [1.807, 2.05) is 44.5 Å². The molecule has 0 saturated heterocycles. The van der Waals surface area contributed by atoms with E-state index in [0.29, 0.717) is 26.6 Å². The summed E-state index contributed by atoms with van der Waals surface area (Å²) in [6.45, 7) is 9.97. The predicted molar refractivity (Wildman–Crippen MR) is 127 cm³/mol. The van der Waals surface area contributed by atoms with Crippen LogP contribution in [0.5, 0.6) is 5.88 Å². The molecule has 0 aliphatic carbocycles. The summed E-state index contributed by atoms with van der Waals surface area (Å²) in [6, 6.07) is 6.95. The van der Waals surface area contributed by atoms with E-state index in [0.717, 1.165) is 0 Å². The highest BCUT2D eigenvalue weighted by Gasteiger charge is 2.21. The number of esters is 1. The zero-order chi connectivity index (χ0) is 22.7. The van der Waals surface area contributed by atoms with Gasteiger partial charge in [-0.25, -0.2) is 9.78 Å². The van der Waals surface area contributed by atoms with E-state index < -0.39 is 5.97 Å². The number of rotatable bonds is 5. The number of ether oxygens (including phenoxy) is 2. The monoisotopic (exact) mass is 494 g/mol. The molecule has 8 heteroatoms. The van der Waals surface area contributed by atoms with Crippen LogP contribution in [-0.2, 0) is 4.74 Å². The topological polar surface area (TPSA) is 77.5 Å². The largest absolute Gasteiger partial charge is 0.480 e. The van der Waals surface area contributed by atoms with E-state index in [-0.39, 0.29) is 24.0 Å². The second-order valence-corrected chi connectivity index (χ2v) is 6.86. The van der Waals surface area contributed by atoms with E-state index in [1.54, 1.807) is 25.1 Å². The Hall–Kier alpha value is -2.45. The van der Waals surface area contributed by atoms with Crippen LogP contribution in [0.15, 0.2) is 39.5 Å². The molecule has 2 heterocycles. The Bertz CT molecular complexity index is 975. The van der Waals surface area contributed by atoms with E-state index in [4.69, 9.17) is 9.47 Å². The minimum Gasteiger partial charge on any atom is -0.480 e. The van der Waals surface area contributed by atoms with Gasteiger partial charge in [0.25, 0.3) is 5.91 Å². The van der Waals surface area contributed by atoms with Gasteiger partial charge in [-0.1, -0.05) is 33.8 Å². The van der Waals surface area contributed by atoms with Crippen LogP contribution in [0.3, 0.4) is 0 Å². The highest BCUT2D eigenvalue weighted by Crippen LogP contribution is 2.30. The SMILES string of the molecule is CC.CC.CCOC(=O)c1cc2ccc(Br)c(C(=O)Nc3ccsc3)c2nc1OC. The first kappa shape index (κ1) is 25.6. The van der Waals surface area contributed by atoms with Gasteiger partial charge < -0.3 is 14.8 Å². The summed E-state index contributed by atoms with van der Waals surface area (Å²) in [5.74, 6) is -0.719. The summed E-state index contributed by atoms with van der Waals surface area (Å²) in [5, 5.41) is 7.18. The van der Waals surface area contributed by atoms with Crippen molar-refractivity contribution in [3.8, 4) is 5.88 Å². The Kier molecular flexibility index (Phi) is 11.1. The van der Waals surface area contributed by atoms with Gasteiger partial charge in [-0.3, -0.25) is 4.79 Å². The summed E-state index contributed by atoms with van der Waals surface area (Å²) >= 11 is 4.90. The Morgan fingerprint density at radius 1 is 1.17 bits per heavy atom. The van der Waals surface area contributed by atoms with Crippen LogP contribution >= 0.6 is 27.3 Å². The van der Waals surface area contributed by atoms with Crippen LogP contribution in [0.1, 0.15) is 55.3 Å². The van der Waals surface area contributed by atoms with Crippen molar-refractivity contribution >= 4 is 55.7 Å². The van der Waals surface area contributed by atoms with Crippen molar-refractivity contribution in [3.63, 3.8) is 0 Å². The van der Waals surface area contributed by atoms with Gasteiger partial charge in [-0.2, -0.15) is 11.3 Å². The average molecular weight is 495 g/mol. The molecule has 0 radical (unpaired) electrons. The molecule has 1 aromatic carbocycles. The van der Waals surface area contributed by atoms with E-state index in [2.05, 4.69) is 26.2 Å². The molecule has 0 unspecified atom stereocenters. The van der Waals surface area contributed by atoms with Gasteiger partial charge in [-0.05, 0) is 46.4 Å². The molecule has 0 saturated carbocycles. The van der Waals surface area contributed by atoms with Crippen molar-refractivity contribution in [2.45, 2.75) is 34.6 Å². The number of anilines is 1. The number of hydrogen-bond acceptors (Lipinski definition) is 6. The Labute approximate surface area is 189 Å². The summed E-state index contributed by atoms with van der Waals surface area (Å²) in [6.07, 6.45) is 0. The number of aromatic nitrogens is 1. The lowest BCUT2D eigenvalue weighted by atomic mass is 10.1. The molecule has 0 spiro atoms. The summed E-state index contributed by atoms with van der Waals surface area (Å²) < 4.78 is 10.9. The lowest BCUT2D eigenvalue weighted by Gasteiger charge is -2.12. The van der Waals surface area contributed by atoms with Crippen LogP contribution in [0.2, 0.25) is 0 Å². The first-order valence-corrected chi connectivity index (χ1v) is 11.5. The van der Waals surface area contributed by atoms with Crippen LogP contribution in [0.4, 0.5) is 5.69 Å². The number of fused-ring (bicyclic) bond motifs is 1. The van der Waals surface area contributed by atoms with Crippen LogP contribution in [0, 0.1) is 0 Å². The molecule has 3 aromatic rings. The lowest BCUT2D eigenvalue weighted by Crippen LogP contribution is -2.14. The number of hydrogen-bond donors (Lipinski definition) is 1. The predicted octanol–water partition coefficient (Wildman–Crippen LogP) is 6.55. The van der Waals surface area contributed by atoms with Crippen molar-refractivity contribution in [1.29, 1.82) is 0 Å². The molecule has 0 bridgehead atoms. The Morgan fingerprint density at radius 2 is 1.87 bits per heavy atom. The van der Waals surface area contributed by atoms with Crippen LogP contribution in [-0.4, -0.2) is 30.6 Å². The number of thiophene rings is 1. The van der Waals surface area contributed by atoms with Gasteiger partial charge in [0.2, 0.25) is 5.88 Å². The summed E-state index contributed by atoms with van der Waals surface area (Å²) in [5.41, 5.74) is 1.71. The second kappa shape index (κ2) is 13.0. The van der Waals surface area contributed by atoms with Gasteiger partial charge in [0.05, 0.1) is 30.5 Å². The number of carbonyl (C=O) groups is 2.